The lowest BCUT2D eigenvalue weighted by molar-refractivity contribution is 0.617. The van der Waals surface area contributed by atoms with E-state index in [1.807, 2.05) is 0 Å². The predicted molar refractivity (Wildman–Crippen MR) is 77.6 cm³/mol. The van der Waals surface area contributed by atoms with Crippen molar-refractivity contribution in [3.05, 3.63) is 42.5 Å². The molecule has 0 aliphatic heterocycles. The van der Waals surface area contributed by atoms with Gasteiger partial charge in [-0.05, 0) is 31.4 Å². The minimum atomic E-state index is 0.474. The Labute approximate surface area is 106 Å². The zero-order valence-electron chi connectivity index (χ0n) is 11.4. The van der Waals surface area contributed by atoms with Crippen molar-refractivity contribution < 1.29 is 0 Å². The molecular formula is C16H25N. The Balaban J connectivity index is 2.94. The lowest BCUT2D eigenvalue weighted by atomic mass is 10.0. The average molecular weight is 231 g/mol. The molecule has 1 nitrogen and oxygen atoms in total. The molecule has 1 aromatic rings. The van der Waals surface area contributed by atoms with Crippen molar-refractivity contribution in [2.45, 2.75) is 46.1 Å². The molecule has 1 heteroatoms. The molecular weight excluding hydrogens is 206 g/mol. The third-order valence-electron chi connectivity index (χ3n) is 3.24. The van der Waals surface area contributed by atoms with Gasteiger partial charge in [-0.2, -0.15) is 0 Å². The Morgan fingerprint density at radius 1 is 1.18 bits per heavy atom. The Kier molecular flexibility index (Phi) is 5.82. The molecule has 1 aromatic carbocycles. The summed E-state index contributed by atoms with van der Waals surface area (Å²) in [5, 5.41) is 0. The van der Waals surface area contributed by atoms with Crippen LogP contribution in [0.5, 0.6) is 0 Å². The molecule has 1 rings (SSSR count). The zero-order chi connectivity index (χ0) is 12.7. The van der Waals surface area contributed by atoms with Gasteiger partial charge in [-0.25, -0.2) is 0 Å². The second-order valence-electron chi connectivity index (χ2n) is 4.46. The van der Waals surface area contributed by atoms with Crippen LogP contribution in [0.4, 0.5) is 5.69 Å². The topological polar surface area (TPSA) is 3.24 Å². The van der Waals surface area contributed by atoms with Crippen LogP contribution in [0.3, 0.4) is 0 Å². The van der Waals surface area contributed by atoms with Crippen LogP contribution in [0.2, 0.25) is 0 Å². The van der Waals surface area contributed by atoms with Crippen molar-refractivity contribution >= 4 is 5.69 Å². The fraction of sp³-hybridized carbons (Fsp3) is 0.500. The summed E-state index contributed by atoms with van der Waals surface area (Å²) in [5.41, 5.74) is 2.65. The van der Waals surface area contributed by atoms with Crippen LogP contribution < -0.4 is 4.90 Å². The molecule has 1 unspecified atom stereocenters. The first kappa shape index (κ1) is 13.8. The number of rotatable bonds is 7. The normalized spacial score (nSPS) is 12.2. The largest absolute Gasteiger partial charge is 0.365 e. The van der Waals surface area contributed by atoms with Crippen molar-refractivity contribution in [2.24, 2.45) is 0 Å². The molecule has 0 fully saturated rings. The first-order valence-corrected chi connectivity index (χ1v) is 6.73. The predicted octanol–water partition coefficient (Wildman–Crippen LogP) is 4.65. The van der Waals surface area contributed by atoms with Gasteiger partial charge >= 0.3 is 0 Å². The Hall–Kier alpha value is -1.24. The Morgan fingerprint density at radius 2 is 1.82 bits per heavy atom. The second-order valence-corrected chi connectivity index (χ2v) is 4.46. The molecule has 1 atom stereocenters. The van der Waals surface area contributed by atoms with Crippen molar-refractivity contribution in [1.82, 2.24) is 0 Å². The number of nitrogens with zero attached hydrogens (tertiary/aromatic N) is 1. The van der Waals surface area contributed by atoms with E-state index in [4.69, 9.17) is 0 Å². The Morgan fingerprint density at radius 3 is 2.29 bits per heavy atom. The molecule has 0 amide bonds. The summed E-state index contributed by atoms with van der Waals surface area (Å²) in [6, 6.07) is 11.2. The molecule has 0 heterocycles. The van der Waals surface area contributed by atoms with Gasteiger partial charge in [0.1, 0.15) is 0 Å². The number of benzene rings is 1. The van der Waals surface area contributed by atoms with E-state index >= 15 is 0 Å². The van der Waals surface area contributed by atoms with Crippen LogP contribution >= 0.6 is 0 Å². The summed E-state index contributed by atoms with van der Waals surface area (Å²) in [4.78, 5) is 2.49. The monoisotopic (exact) mass is 231 g/mol. The van der Waals surface area contributed by atoms with Gasteiger partial charge in [-0.15, -0.1) is 0 Å². The average Bonchev–Trinajstić information content (AvgIpc) is 2.39. The highest BCUT2D eigenvalue weighted by Crippen LogP contribution is 2.23. The molecule has 0 saturated heterocycles. The van der Waals surface area contributed by atoms with Crippen molar-refractivity contribution in [3.8, 4) is 0 Å². The van der Waals surface area contributed by atoms with Gasteiger partial charge in [0, 0.05) is 18.3 Å². The number of anilines is 1. The smallest absolute Gasteiger partial charge is 0.0496 e. The molecule has 0 saturated carbocycles. The minimum Gasteiger partial charge on any atom is -0.365 e. The number of para-hydroxylation sites is 1. The van der Waals surface area contributed by atoms with E-state index in [1.54, 1.807) is 0 Å². The van der Waals surface area contributed by atoms with Gasteiger partial charge in [-0.1, -0.05) is 51.1 Å². The minimum absolute atomic E-state index is 0.474. The third kappa shape index (κ3) is 3.62. The fourth-order valence-electron chi connectivity index (χ4n) is 2.29. The van der Waals surface area contributed by atoms with Crippen molar-refractivity contribution in [1.29, 1.82) is 0 Å². The van der Waals surface area contributed by atoms with E-state index in [1.165, 1.54) is 17.7 Å². The lowest BCUT2D eigenvalue weighted by Crippen LogP contribution is -2.36. The molecule has 17 heavy (non-hydrogen) atoms. The zero-order valence-corrected chi connectivity index (χ0v) is 11.4. The van der Waals surface area contributed by atoms with E-state index < -0.39 is 0 Å². The van der Waals surface area contributed by atoms with Crippen LogP contribution in [0.15, 0.2) is 42.5 Å². The summed E-state index contributed by atoms with van der Waals surface area (Å²) in [6.45, 7) is 12.0. The maximum Gasteiger partial charge on any atom is 0.0496 e. The van der Waals surface area contributed by atoms with E-state index in [-0.39, 0.29) is 0 Å². The van der Waals surface area contributed by atoms with Crippen LogP contribution in [0, 0.1) is 0 Å². The van der Waals surface area contributed by atoms with E-state index in [2.05, 4.69) is 62.6 Å². The molecule has 0 bridgehead atoms. The standard InChI is InChI=1S/C16H25N/c1-5-13-17(15-11-9-8-10-12-15)16(7-3)14(4)6-2/h8-12,16H,4-7,13H2,1-3H3. The molecule has 0 aliphatic rings. The first-order chi connectivity index (χ1) is 8.24. The van der Waals surface area contributed by atoms with Crippen LogP contribution in [-0.4, -0.2) is 12.6 Å². The van der Waals surface area contributed by atoms with E-state index in [0.717, 1.165) is 19.4 Å². The van der Waals surface area contributed by atoms with Gasteiger partial charge in [0.15, 0.2) is 0 Å². The van der Waals surface area contributed by atoms with Gasteiger partial charge in [0.25, 0.3) is 0 Å². The molecule has 94 valence electrons. The van der Waals surface area contributed by atoms with Gasteiger partial charge in [0.2, 0.25) is 0 Å². The SMILES string of the molecule is C=C(CC)C(CC)N(CCC)c1ccccc1. The molecule has 0 aliphatic carbocycles. The summed E-state index contributed by atoms with van der Waals surface area (Å²) < 4.78 is 0. The third-order valence-corrected chi connectivity index (χ3v) is 3.24. The maximum absolute atomic E-state index is 4.23. The summed E-state index contributed by atoms with van der Waals surface area (Å²) in [7, 11) is 0. The highest BCUT2D eigenvalue weighted by atomic mass is 15.2. The summed E-state index contributed by atoms with van der Waals surface area (Å²) in [5.74, 6) is 0. The second kappa shape index (κ2) is 7.16. The van der Waals surface area contributed by atoms with Gasteiger partial charge in [-0.3, -0.25) is 0 Å². The van der Waals surface area contributed by atoms with Crippen LogP contribution in [0.1, 0.15) is 40.0 Å². The lowest BCUT2D eigenvalue weighted by Gasteiger charge is -2.34. The Bertz CT molecular complexity index is 329. The van der Waals surface area contributed by atoms with E-state index in [9.17, 15) is 0 Å². The summed E-state index contributed by atoms with van der Waals surface area (Å²) >= 11 is 0. The first-order valence-electron chi connectivity index (χ1n) is 6.73. The number of hydrogen-bond donors (Lipinski definition) is 0. The number of hydrogen-bond acceptors (Lipinski definition) is 1. The van der Waals surface area contributed by atoms with Crippen molar-refractivity contribution in [2.75, 3.05) is 11.4 Å². The summed E-state index contributed by atoms with van der Waals surface area (Å²) in [6.07, 6.45) is 3.36. The molecule has 0 aromatic heterocycles. The molecule has 0 radical (unpaired) electrons. The molecule has 0 spiro atoms. The van der Waals surface area contributed by atoms with Gasteiger partial charge < -0.3 is 4.90 Å². The van der Waals surface area contributed by atoms with Crippen LogP contribution in [0.25, 0.3) is 0 Å². The highest BCUT2D eigenvalue weighted by Gasteiger charge is 2.18. The highest BCUT2D eigenvalue weighted by molar-refractivity contribution is 5.48. The van der Waals surface area contributed by atoms with Crippen molar-refractivity contribution in [3.63, 3.8) is 0 Å². The van der Waals surface area contributed by atoms with Gasteiger partial charge in [0.05, 0.1) is 0 Å². The molecule has 0 N–H and O–H groups in total. The quantitative estimate of drug-likeness (QED) is 0.617. The fourth-order valence-corrected chi connectivity index (χ4v) is 2.29. The van der Waals surface area contributed by atoms with Crippen LogP contribution in [-0.2, 0) is 0 Å². The maximum atomic E-state index is 4.23. The van der Waals surface area contributed by atoms with E-state index in [0.29, 0.717) is 6.04 Å².